The zero-order valence-corrected chi connectivity index (χ0v) is 21.7. The summed E-state index contributed by atoms with van der Waals surface area (Å²) in [5.74, 6) is 1.59. The number of nitrogens with one attached hydrogen (secondary N) is 1. The number of anilines is 1. The molecule has 2 aromatic carbocycles. The predicted octanol–water partition coefficient (Wildman–Crippen LogP) is 6.19. The number of amides is 1. The highest BCUT2D eigenvalue weighted by molar-refractivity contribution is 7.99. The highest BCUT2D eigenvalue weighted by atomic mass is 32.2. The fourth-order valence-electron chi connectivity index (χ4n) is 3.40. The normalized spacial score (nSPS) is 10.5. The van der Waals surface area contributed by atoms with Crippen LogP contribution in [0.15, 0.2) is 65.0 Å². The minimum atomic E-state index is -0.149. The first-order chi connectivity index (χ1) is 17.5. The number of pyridine rings is 1. The Morgan fingerprint density at radius 3 is 2.47 bits per heavy atom. The lowest BCUT2D eigenvalue weighted by Crippen LogP contribution is -2.12. The molecule has 0 aliphatic heterocycles. The molecular weight excluding hydrogens is 492 g/mol. The number of carbonyl (C=O) groups is 1. The molecule has 0 unspecified atom stereocenters. The van der Waals surface area contributed by atoms with Crippen LogP contribution < -0.4 is 14.8 Å². The van der Waals surface area contributed by atoms with Gasteiger partial charge in [0.25, 0.3) is 0 Å². The highest BCUT2D eigenvalue weighted by Crippen LogP contribution is 2.33. The number of ether oxygens (including phenoxy) is 2. The van der Waals surface area contributed by atoms with E-state index in [-0.39, 0.29) is 12.3 Å². The van der Waals surface area contributed by atoms with Crippen molar-refractivity contribution >= 4 is 34.1 Å². The average molecular weight is 517 g/mol. The lowest BCUT2D eigenvalue weighted by molar-refractivity contribution is -0.115. The molecule has 0 fully saturated rings. The second kappa shape index (κ2) is 11.7. The number of nitriles is 1. The molecule has 2 heterocycles. The summed E-state index contributed by atoms with van der Waals surface area (Å²) in [5.41, 5.74) is 5.05. The fraction of sp³-hybridized carbons (Fsp3) is 0.185. The maximum atomic E-state index is 12.5. The molecule has 36 heavy (non-hydrogen) atoms. The largest absolute Gasteiger partial charge is 0.493 e. The molecule has 0 radical (unpaired) electrons. The predicted molar refractivity (Wildman–Crippen MR) is 144 cm³/mol. The van der Waals surface area contributed by atoms with Gasteiger partial charge in [0, 0.05) is 28.7 Å². The first kappa shape index (κ1) is 25.2. The molecule has 0 saturated carbocycles. The quantitative estimate of drug-likeness (QED) is 0.265. The molecule has 182 valence electrons. The number of methoxy groups -OCH3 is 2. The first-order valence-electron chi connectivity index (χ1n) is 11.1. The summed E-state index contributed by atoms with van der Waals surface area (Å²) < 4.78 is 10.6. The van der Waals surface area contributed by atoms with Crippen molar-refractivity contribution in [2.45, 2.75) is 18.4 Å². The monoisotopic (exact) mass is 516 g/mol. The van der Waals surface area contributed by atoms with Crippen LogP contribution in [-0.4, -0.2) is 35.8 Å². The van der Waals surface area contributed by atoms with Crippen molar-refractivity contribution in [1.29, 1.82) is 5.26 Å². The van der Waals surface area contributed by atoms with E-state index in [0.717, 1.165) is 22.5 Å². The zero-order valence-electron chi connectivity index (χ0n) is 20.1. The van der Waals surface area contributed by atoms with Crippen LogP contribution >= 0.6 is 23.1 Å². The summed E-state index contributed by atoms with van der Waals surface area (Å²) in [6.07, 6.45) is 0.261. The molecule has 0 aliphatic carbocycles. The number of benzene rings is 2. The smallest absolute Gasteiger partial charge is 0.226 e. The topological polar surface area (TPSA) is 97.1 Å². The van der Waals surface area contributed by atoms with Crippen LogP contribution in [-0.2, 0) is 4.79 Å². The van der Waals surface area contributed by atoms with Crippen molar-refractivity contribution in [3.63, 3.8) is 0 Å². The molecule has 4 rings (SSSR count). The highest BCUT2D eigenvalue weighted by Gasteiger charge is 2.13. The van der Waals surface area contributed by atoms with E-state index in [0.29, 0.717) is 33.0 Å². The summed E-state index contributed by atoms with van der Waals surface area (Å²) in [7, 11) is 3.17. The van der Waals surface area contributed by atoms with Crippen LogP contribution in [0, 0.1) is 18.3 Å². The SMILES string of the molecule is COc1ccc(-c2csc(NC(=O)CCSc3nc(-c4ccc(C)cc4)ccc3C#N)n2)cc1OC. The fourth-order valence-corrected chi connectivity index (χ4v) is 5.05. The van der Waals surface area contributed by atoms with Gasteiger partial charge in [-0.2, -0.15) is 5.26 Å². The van der Waals surface area contributed by atoms with Crippen LogP contribution in [0.25, 0.3) is 22.5 Å². The molecule has 0 atom stereocenters. The van der Waals surface area contributed by atoms with Crippen molar-refractivity contribution < 1.29 is 14.3 Å². The molecule has 4 aromatic rings. The van der Waals surface area contributed by atoms with Crippen molar-refractivity contribution in [2.24, 2.45) is 0 Å². The van der Waals surface area contributed by atoms with E-state index >= 15 is 0 Å². The maximum absolute atomic E-state index is 12.5. The van der Waals surface area contributed by atoms with Gasteiger partial charge >= 0.3 is 0 Å². The first-order valence-corrected chi connectivity index (χ1v) is 13.0. The Morgan fingerprint density at radius 1 is 1.00 bits per heavy atom. The van der Waals surface area contributed by atoms with Crippen LogP contribution in [0.3, 0.4) is 0 Å². The number of carbonyl (C=O) groups excluding carboxylic acids is 1. The molecule has 9 heteroatoms. The third-order valence-corrected chi connectivity index (χ3v) is 7.08. The van der Waals surface area contributed by atoms with Gasteiger partial charge in [0.2, 0.25) is 5.91 Å². The number of thiazole rings is 1. The van der Waals surface area contributed by atoms with E-state index in [1.807, 2.05) is 60.8 Å². The van der Waals surface area contributed by atoms with Crippen molar-refractivity contribution in [3.05, 3.63) is 71.1 Å². The Morgan fingerprint density at radius 2 is 1.75 bits per heavy atom. The summed E-state index contributed by atoms with van der Waals surface area (Å²) in [6, 6.07) is 19.4. The Bertz CT molecular complexity index is 1410. The number of thioether (sulfide) groups is 1. The van der Waals surface area contributed by atoms with E-state index in [1.54, 1.807) is 20.3 Å². The molecule has 2 aromatic heterocycles. The lowest BCUT2D eigenvalue weighted by Gasteiger charge is -2.08. The van der Waals surface area contributed by atoms with Crippen molar-refractivity contribution in [2.75, 3.05) is 25.3 Å². The van der Waals surface area contributed by atoms with Crippen LogP contribution in [0.1, 0.15) is 17.5 Å². The van der Waals surface area contributed by atoms with Gasteiger partial charge in [-0.1, -0.05) is 29.8 Å². The molecule has 0 saturated heterocycles. The second-order valence-electron chi connectivity index (χ2n) is 7.78. The maximum Gasteiger partial charge on any atom is 0.226 e. The molecule has 0 spiro atoms. The summed E-state index contributed by atoms with van der Waals surface area (Å²) in [5, 5.41) is 15.3. The standard InChI is InChI=1S/C27H24N4O3S2/c1-17-4-6-18(7-5-17)21-10-8-20(15-28)26(29-21)35-13-12-25(32)31-27-30-22(16-36-27)19-9-11-23(33-2)24(14-19)34-3/h4-11,14,16H,12-13H2,1-3H3,(H,30,31,32). The summed E-state index contributed by atoms with van der Waals surface area (Å²) in [4.78, 5) is 21.7. The zero-order chi connectivity index (χ0) is 25.5. The van der Waals surface area contributed by atoms with Crippen LogP contribution in [0.4, 0.5) is 5.13 Å². The second-order valence-corrected chi connectivity index (χ2v) is 9.72. The number of hydrogen-bond acceptors (Lipinski definition) is 8. The van der Waals surface area contributed by atoms with Gasteiger partial charge in [-0.05, 0) is 37.3 Å². The number of rotatable bonds is 9. The molecule has 0 bridgehead atoms. The lowest BCUT2D eigenvalue weighted by atomic mass is 10.1. The molecule has 7 nitrogen and oxygen atoms in total. The van der Waals surface area contributed by atoms with E-state index in [1.165, 1.54) is 28.7 Å². The van der Waals surface area contributed by atoms with Gasteiger partial charge in [0.05, 0.1) is 31.2 Å². The van der Waals surface area contributed by atoms with Crippen molar-refractivity contribution in [3.8, 4) is 40.1 Å². The summed E-state index contributed by atoms with van der Waals surface area (Å²) in [6.45, 7) is 2.03. The number of nitrogens with zero attached hydrogens (tertiary/aromatic N) is 3. The molecule has 1 N–H and O–H groups in total. The Balaban J connectivity index is 1.36. The van der Waals surface area contributed by atoms with E-state index in [9.17, 15) is 10.1 Å². The van der Waals surface area contributed by atoms with E-state index in [2.05, 4.69) is 21.4 Å². The van der Waals surface area contributed by atoms with Gasteiger partial charge in [-0.15, -0.1) is 23.1 Å². The van der Waals surface area contributed by atoms with Gasteiger partial charge < -0.3 is 14.8 Å². The molecule has 1 amide bonds. The van der Waals surface area contributed by atoms with Crippen LogP contribution in [0.5, 0.6) is 11.5 Å². The van der Waals surface area contributed by atoms with Gasteiger partial charge in [-0.3, -0.25) is 4.79 Å². The van der Waals surface area contributed by atoms with Gasteiger partial charge in [-0.25, -0.2) is 9.97 Å². The van der Waals surface area contributed by atoms with E-state index < -0.39 is 0 Å². The Labute approximate surface area is 218 Å². The third-order valence-electron chi connectivity index (χ3n) is 5.33. The number of aryl methyl sites for hydroxylation is 1. The van der Waals surface area contributed by atoms with E-state index in [4.69, 9.17) is 9.47 Å². The Hall–Kier alpha value is -3.87. The molecule has 0 aliphatic rings. The summed E-state index contributed by atoms with van der Waals surface area (Å²) >= 11 is 2.75. The average Bonchev–Trinajstić information content (AvgIpc) is 3.37. The van der Waals surface area contributed by atoms with Crippen molar-refractivity contribution in [1.82, 2.24) is 9.97 Å². The minimum Gasteiger partial charge on any atom is -0.493 e. The van der Waals surface area contributed by atoms with Crippen LogP contribution in [0.2, 0.25) is 0 Å². The minimum absolute atomic E-state index is 0.149. The third kappa shape index (κ3) is 6.03. The number of hydrogen-bond donors (Lipinski definition) is 1. The number of aromatic nitrogens is 2. The van der Waals surface area contributed by atoms with Gasteiger partial charge in [0.1, 0.15) is 11.1 Å². The van der Waals surface area contributed by atoms with Gasteiger partial charge in [0.15, 0.2) is 16.6 Å². The molecular formula is C27H24N4O3S2. The Kier molecular flexibility index (Phi) is 8.21.